The van der Waals surface area contributed by atoms with Crippen LogP contribution in [-0.2, 0) is 0 Å². The monoisotopic (exact) mass is 169 g/mol. The molecule has 0 aromatic heterocycles. The minimum absolute atomic E-state index is 0. The normalized spacial score (nSPS) is 10.7. The van der Waals surface area contributed by atoms with Crippen molar-refractivity contribution in [2.24, 2.45) is 0 Å². The molecular formula is C6H17ClNP. The first-order valence-corrected chi connectivity index (χ1v) is 3.33. The highest BCUT2D eigenvalue weighted by Gasteiger charge is 2.07. The van der Waals surface area contributed by atoms with Crippen LogP contribution in [0.4, 0.5) is 0 Å². The summed E-state index contributed by atoms with van der Waals surface area (Å²) in [4.78, 5) is 0. The van der Waals surface area contributed by atoms with E-state index in [1.54, 1.807) is 4.42 Å². The Morgan fingerprint density at radius 3 is 1.22 bits per heavy atom. The van der Waals surface area contributed by atoms with Crippen LogP contribution in [0.1, 0.15) is 27.7 Å². The van der Waals surface area contributed by atoms with Crippen molar-refractivity contribution in [3.63, 3.8) is 0 Å². The smallest absolute Gasteiger partial charge is 0.0197 e. The molecule has 0 aliphatic heterocycles. The molecule has 0 heterocycles. The van der Waals surface area contributed by atoms with Crippen molar-refractivity contribution in [3.8, 4) is 0 Å². The minimum Gasteiger partial charge on any atom is -0.215 e. The summed E-state index contributed by atoms with van der Waals surface area (Å²) < 4.78 is 1.81. The van der Waals surface area contributed by atoms with E-state index in [9.17, 15) is 0 Å². The summed E-state index contributed by atoms with van der Waals surface area (Å²) in [6.07, 6.45) is 0. The van der Waals surface area contributed by atoms with Gasteiger partial charge in [-0.25, -0.2) is 4.42 Å². The molecule has 0 N–H and O–H groups in total. The number of rotatable bonds is 2. The van der Waals surface area contributed by atoms with Gasteiger partial charge in [0, 0.05) is 12.1 Å². The third-order valence-corrected chi connectivity index (χ3v) is 1.77. The van der Waals surface area contributed by atoms with E-state index >= 15 is 0 Å². The number of nitrogens with zero attached hydrogens (tertiary/aromatic N) is 1. The van der Waals surface area contributed by atoms with Crippen LogP contribution >= 0.6 is 21.7 Å². The van der Waals surface area contributed by atoms with Gasteiger partial charge < -0.3 is 0 Å². The van der Waals surface area contributed by atoms with Crippen molar-refractivity contribution in [3.05, 3.63) is 0 Å². The first kappa shape index (κ1) is 12.4. The van der Waals surface area contributed by atoms with Gasteiger partial charge in [0.15, 0.2) is 0 Å². The lowest BCUT2D eigenvalue weighted by molar-refractivity contribution is 0.321. The molecule has 0 bridgehead atoms. The van der Waals surface area contributed by atoms with E-state index in [0.717, 1.165) is 0 Å². The zero-order valence-corrected chi connectivity index (χ0v) is 8.86. The average Bonchev–Trinajstić information content (AvgIpc) is 1.64. The Morgan fingerprint density at radius 2 is 1.22 bits per heavy atom. The Morgan fingerprint density at radius 1 is 1.00 bits per heavy atom. The first-order chi connectivity index (χ1) is 3.55. The highest BCUT2D eigenvalue weighted by molar-refractivity contribution is 6.92. The molecule has 0 aromatic rings. The van der Waals surface area contributed by atoms with Crippen LogP contribution in [-0.4, -0.2) is 16.5 Å². The summed E-state index contributed by atoms with van der Waals surface area (Å²) >= 11 is 5.78. The Hall–Kier alpha value is 0.680. The van der Waals surface area contributed by atoms with Gasteiger partial charge in [0.05, 0.1) is 0 Å². The fourth-order valence-electron chi connectivity index (χ4n) is 0.596. The van der Waals surface area contributed by atoms with Crippen LogP contribution in [0, 0.1) is 0 Å². The van der Waals surface area contributed by atoms with Gasteiger partial charge in [-0.15, -0.1) is 0 Å². The summed E-state index contributed by atoms with van der Waals surface area (Å²) in [5.74, 6) is 0. The van der Waals surface area contributed by atoms with Gasteiger partial charge in [0.1, 0.15) is 0 Å². The molecule has 0 fully saturated rings. The van der Waals surface area contributed by atoms with Crippen molar-refractivity contribution in [2.75, 3.05) is 0 Å². The zero-order chi connectivity index (χ0) is 6.73. The topological polar surface area (TPSA) is 3.24 Å². The van der Waals surface area contributed by atoms with Crippen molar-refractivity contribution in [1.29, 1.82) is 0 Å². The maximum Gasteiger partial charge on any atom is 0.0197 e. The summed E-state index contributed by atoms with van der Waals surface area (Å²) in [7, 11) is 0. The number of halogens is 1. The van der Waals surface area contributed by atoms with Crippen LogP contribution in [0.15, 0.2) is 0 Å². The van der Waals surface area contributed by atoms with Gasteiger partial charge in [-0.3, -0.25) is 0 Å². The molecule has 0 aromatic carbocycles. The molecule has 0 aliphatic carbocycles. The third-order valence-electron chi connectivity index (χ3n) is 0.987. The average molecular weight is 170 g/mol. The Balaban J connectivity index is 0. The summed E-state index contributed by atoms with van der Waals surface area (Å²) in [6.45, 7) is 8.31. The first-order valence-electron chi connectivity index (χ1n) is 2.99. The predicted molar refractivity (Wildman–Crippen MR) is 49.1 cm³/mol. The second-order valence-corrected chi connectivity index (χ2v) is 2.92. The Labute approximate surface area is 66.5 Å². The largest absolute Gasteiger partial charge is 0.215 e. The van der Waals surface area contributed by atoms with E-state index in [1.807, 2.05) is 0 Å². The Bertz CT molecular complexity index is 58.1. The fraction of sp³-hybridized carbons (Fsp3) is 1.00. The lowest BCUT2D eigenvalue weighted by atomic mass is 10.3. The quantitative estimate of drug-likeness (QED) is 0.453. The second-order valence-electron chi connectivity index (χ2n) is 2.53. The molecule has 9 heavy (non-hydrogen) atoms. The minimum atomic E-state index is 0. The highest BCUT2D eigenvalue weighted by atomic mass is 35.5. The Kier molecular flexibility index (Phi) is 7.51. The zero-order valence-electron chi connectivity index (χ0n) is 6.69. The third kappa shape index (κ3) is 5.14. The van der Waals surface area contributed by atoms with Crippen LogP contribution in [0.25, 0.3) is 0 Å². The van der Waals surface area contributed by atoms with Crippen molar-refractivity contribution >= 4 is 21.7 Å². The predicted octanol–water partition coefficient (Wildman–Crippen LogP) is 2.32. The maximum absolute atomic E-state index is 5.78. The van der Waals surface area contributed by atoms with Crippen molar-refractivity contribution in [1.82, 2.24) is 4.42 Å². The van der Waals surface area contributed by atoms with Crippen molar-refractivity contribution < 1.29 is 0 Å². The SMILES string of the molecule is CC(C)N(Cl)C(C)C.P. The van der Waals surface area contributed by atoms with Crippen LogP contribution in [0.5, 0.6) is 0 Å². The molecule has 0 rings (SSSR count). The molecule has 1 atom stereocenters. The molecule has 0 saturated heterocycles. The lowest BCUT2D eigenvalue weighted by Crippen LogP contribution is -2.27. The van der Waals surface area contributed by atoms with Gasteiger partial charge in [-0.05, 0) is 39.5 Å². The summed E-state index contributed by atoms with van der Waals surface area (Å²) in [5.41, 5.74) is 0. The van der Waals surface area contributed by atoms with E-state index in [1.165, 1.54) is 0 Å². The highest BCUT2D eigenvalue weighted by Crippen LogP contribution is 2.06. The lowest BCUT2D eigenvalue weighted by Gasteiger charge is -2.21. The molecule has 58 valence electrons. The van der Waals surface area contributed by atoms with Gasteiger partial charge in [-0.2, -0.15) is 9.90 Å². The van der Waals surface area contributed by atoms with Gasteiger partial charge in [0.25, 0.3) is 0 Å². The van der Waals surface area contributed by atoms with E-state index < -0.39 is 0 Å². The van der Waals surface area contributed by atoms with Crippen LogP contribution in [0.2, 0.25) is 0 Å². The molecule has 3 heteroatoms. The van der Waals surface area contributed by atoms with E-state index in [0.29, 0.717) is 12.1 Å². The van der Waals surface area contributed by atoms with Crippen LogP contribution < -0.4 is 0 Å². The van der Waals surface area contributed by atoms with Crippen LogP contribution in [0.3, 0.4) is 0 Å². The molecular weight excluding hydrogens is 152 g/mol. The molecule has 0 spiro atoms. The molecule has 1 nitrogen and oxygen atoms in total. The standard InChI is InChI=1S/C6H14ClN.H3P/c1-5(2)8(7)6(3)4;/h5-6H,1-4H3;1H3. The van der Waals surface area contributed by atoms with Gasteiger partial charge >= 0.3 is 0 Å². The molecule has 0 radical (unpaired) electrons. The van der Waals surface area contributed by atoms with E-state index in [4.69, 9.17) is 11.8 Å². The maximum atomic E-state index is 5.78. The van der Waals surface area contributed by atoms with Gasteiger partial charge in [-0.1, -0.05) is 0 Å². The molecule has 0 saturated carbocycles. The summed E-state index contributed by atoms with van der Waals surface area (Å²) in [5, 5.41) is 0. The fourth-order valence-corrected chi connectivity index (χ4v) is 0.596. The van der Waals surface area contributed by atoms with Gasteiger partial charge in [0.2, 0.25) is 0 Å². The number of hydrogen-bond acceptors (Lipinski definition) is 1. The van der Waals surface area contributed by atoms with E-state index in [-0.39, 0.29) is 9.90 Å². The second kappa shape index (κ2) is 5.46. The van der Waals surface area contributed by atoms with Crippen molar-refractivity contribution in [2.45, 2.75) is 39.8 Å². The summed E-state index contributed by atoms with van der Waals surface area (Å²) in [6, 6.07) is 0.883. The molecule has 0 aliphatic rings. The number of hydrogen-bond donors (Lipinski definition) is 0. The molecule has 1 unspecified atom stereocenters. The van der Waals surface area contributed by atoms with E-state index in [2.05, 4.69) is 27.7 Å². The molecule has 0 amide bonds.